The number of aromatic carboxylic acids is 1. The zero-order chi connectivity index (χ0) is 15.0. The van der Waals surface area contributed by atoms with Crippen LogP contribution in [0.1, 0.15) is 42.9 Å². The van der Waals surface area contributed by atoms with E-state index in [-0.39, 0.29) is 0 Å². The van der Waals surface area contributed by atoms with Gasteiger partial charge in [-0.3, -0.25) is 9.36 Å². The molecule has 0 saturated heterocycles. The highest BCUT2D eigenvalue weighted by molar-refractivity contribution is 5.87. The molecule has 0 spiro atoms. The molecule has 0 aliphatic heterocycles. The molecule has 0 aliphatic rings. The lowest BCUT2D eigenvalue weighted by molar-refractivity contribution is -0.144. The first-order valence-corrected chi connectivity index (χ1v) is 5.75. The maximum atomic E-state index is 12.1. The van der Waals surface area contributed by atoms with Gasteiger partial charge in [0, 0.05) is 5.69 Å². The van der Waals surface area contributed by atoms with E-state index in [2.05, 4.69) is 0 Å². The zero-order valence-corrected chi connectivity index (χ0v) is 11.3. The average molecular weight is 267 g/mol. The Bertz CT molecular complexity index is 580. The van der Waals surface area contributed by atoms with Crippen molar-refractivity contribution >= 4 is 11.9 Å². The van der Waals surface area contributed by atoms with Crippen molar-refractivity contribution in [3.05, 3.63) is 33.7 Å². The van der Waals surface area contributed by atoms with E-state index in [0.29, 0.717) is 5.69 Å². The molecule has 1 aromatic rings. The van der Waals surface area contributed by atoms with E-state index in [1.54, 1.807) is 27.7 Å². The fourth-order valence-electron chi connectivity index (χ4n) is 2.00. The van der Waals surface area contributed by atoms with Crippen LogP contribution in [0.2, 0.25) is 0 Å². The highest BCUT2D eigenvalue weighted by Crippen LogP contribution is 2.30. The minimum Gasteiger partial charge on any atom is -0.480 e. The second-order valence-corrected chi connectivity index (χ2v) is 5.48. The Hall–Kier alpha value is -2.11. The van der Waals surface area contributed by atoms with E-state index in [0.717, 1.165) is 4.57 Å². The van der Waals surface area contributed by atoms with Gasteiger partial charge in [0.15, 0.2) is 0 Å². The number of carbonyl (C=O) groups is 2. The molecule has 0 radical (unpaired) electrons. The van der Waals surface area contributed by atoms with Gasteiger partial charge in [-0.1, -0.05) is 20.8 Å². The lowest BCUT2D eigenvalue weighted by atomic mass is 9.86. The van der Waals surface area contributed by atoms with Gasteiger partial charge < -0.3 is 10.2 Å². The number of rotatable bonds is 3. The number of pyridine rings is 1. The lowest BCUT2D eigenvalue weighted by Crippen LogP contribution is -2.40. The van der Waals surface area contributed by atoms with Crippen LogP contribution in [0.3, 0.4) is 0 Å². The summed E-state index contributed by atoms with van der Waals surface area (Å²) in [7, 11) is 0. The van der Waals surface area contributed by atoms with Gasteiger partial charge >= 0.3 is 11.9 Å². The second kappa shape index (κ2) is 4.87. The summed E-state index contributed by atoms with van der Waals surface area (Å²) in [4.78, 5) is 34.5. The van der Waals surface area contributed by atoms with E-state index in [1.807, 2.05) is 0 Å². The number of carboxylic acids is 2. The van der Waals surface area contributed by atoms with Crippen molar-refractivity contribution in [2.45, 2.75) is 33.7 Å². The van der Waals surface area contributed by atoms with Crippen LogP contribution < -0.4 is 5.56 Å². The third-order valence-corrected chi connectivity index (χ3v) is 2.86. The molecule has 0 saturated carbocycles. The molecule has 1 heterocycles. The largest absolute Gasteiger partial charge is 0.480 e. The summed E-state index contributed by atoms with van der Waals surface area (Å²) in [5.41, 5.74) is -1.54. The third-order valence-electron chi connectivity index (χ3n) is 2.86. The van der Waals surface area contributed by atoms with Crippen molar-refractivity contribution in [2.24, 2.45) is 5.41 Å². The van der Waals surface area contributed by atoms with E-state index < -0.39 is 34.5 Å². The molecule has 19 heavy (non-hydrogen) atoms. The Morgan fingerprint density at radius 1 is 1.21 bits per heavy atom. The Balaban J connectivity index is 3.65. The van der Waals surface area contributed by atoms with E-state index in [4.69, 9.17) is 5.11 Å². The number of hydrogen-bond acceptors (Lipinski definition) is 3. The first-order valence-electron chi connectivity index (χ1n) is 5.75. The van der Waals surface area contributed by atoms with E-state index in [9.17, 15) is 19.5 Å². The summed E-state index contributed by atoms with van der Waals surface area (Å²) < 4.78 is 1.03. The van der Waals surface area contributed by atoms with Crippen molar-refractivity contribution in [3.63, 3.8) is 0 Å². The minimum atomic E-state index is -1.36. The predicted octanol–water partition coefficient (Wildman–Crippen LogP) is 1.53. The molecule has 1 atom stereocenters. The van der Waals surface area contributed by atoms with Crippen LogP contribution in [-0.2, 0) is 4.79 Å². The molecule has 0 aromatic carbocycles. The van der Waals surface area contributed by atoms with Gasteiger partial charge in [-0.15, -0.1) is 0 Å². The summed E-state index contributed by atoms with van der Waals surface area (Å²) in [5.74, 6) is -2.53. The molecular weight excluding hydrogens is 250 g/mol. The summed E-state index contributed by atoms with van der Waals surface area (Å²) in [6.45, 7) is 6.63. The maximum Gasteiger partial charge on any atom is 0.341 e. The quantitative estimate of drug-likeness (QED) is 0.865. The highest BCUT2D eigenvalue weighted by Gasteiger charge is 2.35. The molecule has 0 amide bonds. The minimum absolute atomic E-state index is 0.414. The SMILES string of the molecule is Cc1ccc(C(=O)O)c(=O)n1C(C(=O)O)C(C)(C)C. The Morgan fingerprint density at radius 2 is 1.74 bits per heavy atom. The van der Waals surface area contributed by atoms with Gasteiger partial charge in [0.05, 0.1) is 0 Å². The van der Waals surface area contributed by atoms with Crippen LogP contribution >= 0.6 is 0 Å². The lowest BCUT2D eigenvalue weighted by Gasteiger charge is -2.30. The van der Waals surface area contributed by atoms with Crippen LogP contribution in [-0.4, -0.2) is 26.7 Å². The Morgan fingerprint density at radius 3 is 2.11 bits per heavy atom. The summed E-state index contributed by atoms with van der Waals surface area (Å²) in [5, 5.41) is 18.3. The standard InChI is InChI=1S/C13H17NO5/c1-7-5-6-8(11(16)17)10(15)14(7)9(12(18)19)13(2,3)4/h5-6,9H,1-4H3,(H,16,17)(H,18,19). The van der Waals surface area contributed by atoms with Crippen molar-refractivity contribution in [1.82, 2.24) is 4.57 Å². The van der Waals surface area contributed by atoms with Crippen LogP contribution in [0.5, 0.6) is 0 Å². The van der Waals surface area contributed by atoms with Gasteiger partial charge in [-0.2, -0.15) is 0 Å². The average Bonchev–Trinajstić information content (AvgIpc) is 2.20. The number of aryl methyl sites for hydroxylation is 1. The molecule has 2 N–H and O–H groups in total. The van der Waals surface area contributed by atoms with Gasteiger partial charge in [0.1, 0.15) is 11.6 Å². The van der Waals surface area contributed by atoms with Crippen molar-refractivity contribution in [2.75, 3.05) is 0 Å². The van der Waals surface area contributed by atoms with Gasteiger partial charge in [0.2, 0.25) is 0 Å². The molecule has 0 aliphatic carbocycles. The Kier molecular flexibility index (Phi) is 3.83. The number of aromatic nitrogens is 1. The smallest absolute Gasteiger partial charge is 0.341 e. The fourth-order valence-corrected chi connectivity index (χ4v) is 2.00. The molecule has 0 bridgehead atoms. The molecule has 6 nitrogen and oxygen atoms in total. The third kappa shape index (κ3) is 2.83. The number of carboxylic acid groups (broad SMARTS) is 2. The Labute approximate surface area is 110 Å². The number of hydrogen-bond donors (Lipinski definition) is 2. The molecule has 1 unspecified atom stereocenters. The summed E-state index contributed by atoms with van der Waals surface area (Å²) >= 11 is 0. The molecular formula is C13H17NO5. The highest BCUT2D eigenvalue weighted by atomic mass is 16.4. The molecule has 104 valence electrons. The summed E-state index contributed by atoms with van der Waals surface area (Å²) in [6.07, 6.45) is 0. The van der Waals surface area contributed by atoms with Gasteiger partial charge in [0.25, 0.3) is 5.56 Å². The van der Waals surface area contributed by atoms with Crippen molar-refractivity contribution < 1.29 is 19.8 Å². The van der Waals surface area contributed by atoms with Gasteiger partial charge in [-0.25, -0.2) is 9.59 Å². The monoisotopic (exact) mass is 267 g/mol. The fraction of sp³-hybridized carbons (Fsp3) is 0.462. The number of nitrogens with zero attached hydrogens (tertiary/aromatic N) is 1. The molecule has 1 aromatic heterocycles. The maximum absolute atomic E-state index is 12.1. The normalized spacial score (nSPS) is 13.1. The second-order valence-electron chi connectivity index (χ2n) is 5.48. The summed E-state index contributed by atoms with van der Waals surface area (Å²) in [6, 6.07) is 1.50. The van der Waals surface area contributed by atoms with Crippen molar-refractivity contribution in [1.29, 1.82) is 0 Å². The van der Waals surface area contributed by atoms with E-state index in [1.165, 1.54) is 12.1 Å². The topological polar surface area (TPSA) is 96.6 Å². The van der Waals surface area contributed by atoms with Crippen LogP contribution in [0.15, 0.2) is 16.9 Å². The van der Waals surface area contributed by atoms with Crippen LogP contribution in [0, 0.1) is 12.3 Å². The molecule has 6 heteroatoms. The van der Waals surface area contributed by atoms with E-state index >= 15 is 0 Å². The van der Waals surface area contributed by atoms with Gasteiger partial charge in [-0.05, 0) is 24.5 Å². The molecule has 0 fully saturated rings. The molecule has 1 rings (SSSR count). The first-order chi connectivity index (χ1) is 8.57. The van der Waals surface area contributed by atoms with Crippen molar-refractivity contribution in [3.8, 4) is 0 Å². The number of aliphatic carboxylic acids is 1. The first kappa shape index (κ1) is 14.9. The van der Waals surface area contributed by atoms with Crippen LogP contribution in [0.4, 0.5) is 0 Å². The zero-order valence-electron chi connectivity index (χ0n) is 11.3. The predicted molar refractivity (Wildman–Crippen MR) is 68.5 cm³/mol. The van der Waals surface area contributed by atoms with Crippen LogP contribution in [0.25, 0.3) is 0 Å².